The van der Waals surface area contributed by atoms with Gasteiger partial charge in [0.25, 0.3) is 0 Å². The highest BCUT2D eigenvalue weighted by Crippen LogP contribution is 2.36. The van der Waals surface area contributed by atoms with E-state index in [9.17, 15) is 9.90 Å². The molecule has 1 aliphatic rings. The van der Waals surface area contributed by atoms with E-state index in [0.29, 0.717) is 33.9 Å². The first-order valence-corrected chi connectivity index (χ1v) is 12.7. The van der Waals surface area contributed by atoms with Crippen molar-refractivity contribution in [2.24, 2.45) is 0 Å². The third-order valence-electron chi connectivity index (χ3n) is 6.53. The highest BCUT2D eigenvalue weighted by atomic mass is 16.5. The van der Waals surface area contributed by atoms with Crippen molar-refractivity contribution in [1.82, 2.24) is 14.5 Å². The van der Waals surface area contributed by atoms with Gasteiger partial charge >= 0.3 is 5.97 Å². The number of carbonyl (C=O) groups is 1. The molecule has 198 valence electrons. The number of hydrogen-bond acceptors (Lipinski definition) is 9. The number of fused-ring (bicyclic) bond motifs is 1. The number of hydrogen-bond donors (Lipinski definition) is 3. The molecule has 10 heteroatoms. The summed E-state index contributed by atoms with van der Waals surface area (Å²) in [5, 5.41) is 13.2. The van der Waals surface area contributed by atoms with Crippen LogP contribution in [0.2, 0.25) is 0 Å². The van der Waals surface area contributed by atoms with Gasteiger partial charge in [0.15, 0.2) is 5.82 Å². The Morgan fingerprint density at radius 3 is 2.63 bits per heavy atom. The maximum Gasteiger partial charge on any atom is 0.339 e. The van der Waals surface area contributed by atoms with Gasteiger partial charge in [-0.05, 0) is 57.0 Å². The number of benzene rings is 2. The van der Waals surface area contributed by atoms with E-state index in [-0.39, 0.29) is 18.2 Å². The van der Waals surface area contributed by atoms with Gasteiger partial charge in [-0.1, -0.05) is 12.1 Å². The summed E-state index contributed by atoms with van der Waals surface area (Å²) < 4.78 is 13.2. The smallest absolute Gasteiger partial charge is 0.339 e. The fourth-order valence-electron chi connectivity index (χ4n) is 4.73. The predicted octanol–water partition coefficient (Wildman–Crippen LogP) is 4.28. The zero-order valence-electron chi connectivity index (χ0n) is 21.7. The first-order chi connectivity index (χ1) is 18.3. The number of para-hydroxylation sites is 1. The van der Waals surface area contributed by atoms with Crippen molar-refractivity contribution in [3.8, 4) is 11.4 Å². The lowest BCUT2D eigenvalue weighted by Gasteiger charge is -2.32. The number of nitrogens with two attached hydrogens (primary N) is 1. The Morgan fingerprint density at radius 2 is 1.89 bits per heavy atom. The second kappa shape index (κ2) is 10.6. The molecule has 0 unspecified atom stereocenters. The zero-order valence-corrected chi connectivity index (χ0v) is 21.7. The number of aromatic nitrogens is 3. The zero-order chi connectivity index (χ0) is 26.8. The molecule has 0 radical (unpaired) electrons. The highest BCUT2D eigenvalue weighted by Gasteiger charge is 2.21. The van der Waals surface area contributed by atoms with Gasteiger partial charge in [0.05, 0.1) is 41.8 Å². The molecule has 1 saturated heterocycles. The third kappa shape index (κ3) is 5.08. The van der Waals surface area contributed by atoms with Crippen LogP contribution in [0.3, 0.4) is 0 Å². The van der Waals surface area contributed by atoms with Crippen LogP contribution >= 0.6 is 0 Å². The van der Waals surface area contributed by atoms with Crippen LogP contribution in [-0.2, 0) is 4.74 Å². The van der Waals surface area contributed by atoms with Gasteiger partial charge < -0.3 is 35.1 Å². The van der Waals surface area contributed by atoms with Crippen LogP contribution in [0, 0.1) is 0 Å². The number of nitrogens with zero attached hydrogens (tertiary/aromatic N) is 4. The van der Waals surface area contributed by atoms with E-state index in [1.807, 2.05) is 48.9 Å². The van der Waals surface area contributed by atoms with E-state index in [1.165, 1.54) is 7.11 Å². The molecule has 5 rings (SSSR count). The summed E-state index contributed by atoms with van der Waals surface area (Å²) in [6.45, 7) is 5.55. The van der Waals surface area contributed by atoms with Gasteiger partial charge in [-0.15, -0.1) is 0 Å². The Kier molecular flexibility index (Phi) is 7.06. The van der Waals surface area contributed by atoms with E-state index in [1.54, 1.807) is 18.2 Å². The maximum absolute atomic E-state index is 12.4. The van der Waals surface area contributed by atoms with Crippen LogP contribution in [0.25, 0.3) is 16.7 Å². The number of piperidine rings is 1. The molecule has 0 amide bonds. The fourth-order valence-corrected chi connectivity index (χ4v) is 4.73. The molecule has 4 N–H and O–H groups in total. The lowest BCUT2D eigenvalue weighted by atomic mass is 10.1. The standard InChI is InChI=1S/C28H32N6O4/c1-17(2)38-24-16-18(33-13-10-19(35)11-14-33)8-9-23(24)34-15-12-22-25(34)26(32-28(29)31-22)30-21-7-5-4-6-20(21)27(36)37-3/h4-9,12,15-17,19,35H,10-11,13-14H2,1-3H3,(H3,29,30,31,32). The molecule has 0 atom stereocenters. The van der Waals surface area contributed by atoms with Gasteiger partial charge in [-0.2, -0.15) is 4.98 Å². The summed E-state index contributed by atoms with van der Waals surface area (Å²) >= 11 is 0. The Morgan fingerprint density at radius 1 is 1.13 bits per heavy atom. The van der Waals surface area contributed by atoms with Crippen LogP contribution in [0.5, 0.6) is 5.75 Å². The first kappa shape index (κ1) is 25.3. The summed E-state index contributed by atoms with van der Waals surface area (Å²) in [7, 11) is 1.34. The topological polar surface area (TPSA) is 128 Å². The van der Waals surface area contributed by atoms with E-state index in [0.717, 1.165) is 37.3 Å². The summed E-state index contributed by atoms with van der Waals surface area (Å²) in [5.74, 6) is 0.794. The van der Waals surface area contributed by atoms with Crippen molar-refractivity contribution in [3.63, 3.8) is 0 Å². The number of aliphatic hydroxyl groups is 1. The minimum atomic E-state index is -0.463. The van der Waals surface area contributed by atoms with Crippen LogP contribution in [0.15, 0.2) is 54.7 Å². The van der Waals surface area contributed by atoms with Crippen LogP contribution in [0.1, 0.15) is 37.0 Å². The molecule has 3 heterocycles. The molecular formula is C28H32N6O4. The molecule has 1 aliphatic heterocycles. The summed E-state index contributed by atoms with van der Waals surface area (Å²) in [6, 6.07) is 15.0. The lowest BCUT2D eigenvalue weighted by Crippen LogP contribution is -2.35. The van der Waals surface area contributed by atoms with Gasteiger partial charge in [-0.3, -0.25) is 0 Å². The summed E-state index contributed by atoms with van der Waals surface area (Å²) in [5.41, 5.74) is 10.1. The minimum absolute atomic E-state index is 0.0505. The number of aliphatic hydroxyl groups excluding tert-OH is 1. The molecule has 1 fully saturated rings. The number of ether oxygens (including phenoxy) is 2. The van der Waals surface area contributed by atoms with Crippen LogP contribution in [0.4, 0.5) is 23.1 Å². The molecule has 38 heavy (non-hydrogen) atoms. The number of anilines is 4. The van der Waals surface area contributed by atoms with Gasteiger partial charge in [0.2, 0.25) is 5.95 Å². The number of esters is 1. The largest absolute Gasteiger partial charge is 0.489 e. The molecule has 0 spiro atoms. The molecule has 2 aromatic carbocycles. The molecule has 0 aliphatic carbocycles. The van der Waals surface area contributed by atoms with Crippen molar-refractivity contribution in [2.45, 2.75) is 38.9 Å². The van der Waals surface area contributed by atoms with Gasteiger partial charge in [0.1, 0.15) is 11.3 Å². The molecular weight excluding hydrogens is 484 g/mol. The average molecular weight is 517 g/mol. The molecule has 4 aromatic rings. The van der Waals surface area contributed by atoms with Crippen LogP contribution < -0.4 is 20.7 Å². The summed E-state index contributed by atoms with van der Waals surface area (Å²) in [4.78, 5) is 23.5. The number of methoxy groups -OCH3 is 1. The fraction of sp³-hybridized carbons (Fsp3) is 0.321. The predicted molar refractivity (Wildman–Crippen MR) is 148 cm³/mol. The monoisotopic (exact) mass is 516 g/mol. The second-order valence-electron chi connectivity index (χ2n) is 9.55. The quantitative estimate of drug-likeness (QED) is 0.308. The normalized spacial score (nSPS) is 14.2. The Balaban J connectivity index is 1.61. The Bertz CT molecular complexity index is 1460. The minimum Gasteiger partial charge on any atom is -0.489 e. The van der Waals surface area contributed by atoms with Crippen molar-refractivity contribution in [1.29, 1.82) is 0 Å². The van der Waals surface area contributed by atoms with Crippen molar-refractivity contribution in [3.05, 3.63) is 60.3 Å². The Labute approximate surface area is 221 Å². The highest BCUT2D eigenvalue weighted by molar-refractivity contribution is 5.98. The van der Waals surface area contributed by atoms with Crippen molar-refractivity contribution < 1.29 is 19.4 Å². The SMILES string of the molecule is COC(=O)c1ccccc1Nc1nc(N)nc2ccn(-c3ccc(N4CCC(O)CC4)cc3OC(C)C)c12. The second-order valence-corrected chi connectivity index (χ2v) is 9.55. The average Bonchev–Trinajstić information content (AvgIpc) is 3.32. The van der Waals surface area contributed by atoms with Gasteiger partial charge in [-0.25, -0.2) is 9.78 Å². The third-order valence-corrected chi connectivity index (χ3v) is 6.53. The molecule has 2 aromatic heterocycles. The lowest BCUT2D eigenvalue weighted by molar-refractivity contribution is 0.0602. The number of rotatable bonds is 7. The number of nitrogens with one attached hydrogen (secondary N) is 1. The van der Waals surface area contributed by atoms with E-state index >= 15 is 0 Å². The number of nitrogen functional groups attached to an aromatic ring is 1. The molecule has 0 bridgehead atoms. The Hall–Kier alpha value is -4.31. The van der Waals surface area contributed by atoms with E-state index in [2.05, 4.69) is 26.3 Å². The molecule has 10 nitrogen and oxygen atoms in total. The van der Waals surface area contributed by atoms with E-state index < -0.39 is 5.97 Å². The van der Waals surface area contributed by atoms with Crippen molar-refractivity contribution >= 4 is 40.1 Å². The van der Waals surface area contributed by atoms with Crippen LogP contribution in [-0.4, -0.2) is 58.0 Å². The maximum atomic E-state index is 12.4. The van der Waals surface area contributed by atoms with Gasteiger partial charge in [0, 0.05) is 31.0 Å². The summed E-state index contributed by atoms with van der Waals surface area (Å²) in [6.07, 6.45) is 3.09. The van der Waals surface area contributed by atoms with E-state index in [4.69, 9.17) is 15.2 Å². The number of carbonyl (C=O) groups excluding carboxylic acids is 1. The molecule has 0 saturated carbocycles. The first-order valence-electron chi connectivity index (χ1n) is 12.7. The van der Waals surface area contributed by atoms with Crippen molar-refractivity contribution in [2.75, 3.05) is 36.1 Å².